The minimum absolute atomic E-state index is 0.184. The van der Waals surface area contributed by atoms with Crippen LogP contribution in [0.25, 0.3) is 5.69 Å². The highest BCUT2D eigenvalue weighted by atomic mass is 35.5. The molecule has 1 aromatic carbocycles. The van der Waals surface area contributed by atoms with Crippen LogP contribution in [0, 0.1) is 0 Å². The van der Waals surface area contributed by atoms with Crippen molar-refractivity contribution in [3.05, 3.63) is 46.2 Å². The Morgan fingerprint density at radius 3 is 2.74 bits per heavy atom. The first-order chi connectivity index (χ1) is 11.0. The Morgan fingerprint density at radius 1 is 1.26 bits per heavy atom. The maximum atomic E-state index is 12.5. The topological polar surface area (TPSA) is 75.4 Å². The van der Waals surface area contributed by atoms with Crippen molar-refractivity contribution in [2.24, 2.45) is 0 Å². The Labute approximate surface area is 142 Å². The van der Waals surface area contributed by atoms with E-state index in [1.807, 2.05) is 0 Å². The van der Waals surface area contributed by atoms with Gasteiger partial charge >= 0.3 is 5.97 Å². The highest BCUT2D eigenvalue weighted by Crippen LogP contribution is 2.25. The highest BCUT2D eigenvalue weighted by molar-refractivity contribution is 6.35. The highest BCUT2D eigenvalue weighted by Gasteiger charge is 2.35. The standard InChI is InChI=1S/C15H13Cl2N3O3/c16-9-3-4-12(10(17)8-9)20-7-5-11(18-20)14(21)19-6-1-2-13(19)15(22)23/h3-5,7-8,13H,1-2,6H2,(H,22,23)/t13-/m0/s1. The van der Waals surface area contributed by atoms with E-state index in [4.69, 9.17) is 23.2 Å². The number of nitrogens with zero attached hydrogens (tertiary/aromatic N) is 3. The van der Waals surface area contributed by atoms with Crippen LogP contribution in [0.3, 0.4) is 0 Å². The van der Waals surface area contributed by atoms with Crippen LogP contribution in [0.15, 0.2) is 30.5 Å². The quantitative estimate of drug-likeness (QED) is 0.920. The fraction of sp³-hybridized carbons (Fsp3) is 0.267. The normalized spacial score (nSPS) is 17.5. The molecule has 1 atom stereocenters. The van der Waals surface area contributed by atoms with Crippen molar-refractivity contribution in [3.8, 4) is 5.69 Å². The molecule has 1 saturated heterocycles. The summed E-state index contributed by atoms with van der Waals surface area (Å²) in [7, 11) is 0. The molecule has 2 aromatic rings. The molecule has 0 bridgehead atoms. The van der Waals surface area contributed by atoms with Crippen molar-refractivity contribution in [2.45, 2.75) is 18.9 Å². The predicted octanol–water partition coefficient (Wildman–Crippen LogP) is 2.87. The third-order valence-corrected chi connectivity index (χ3v) is 4.30. The molecule has 0 aliphatic carbocycles. The molecule has 0 saturated carbocycles. The summed E-state index contributed by atoms with van der Waals surface area (Å²) in [6.45, 7) is 0.421. The van der Waals surface area contributed by atoms with Crippen molar-refractivity contribution in [1.29, 1.82) is 0 Å². The molecule has 1 N–H and O–H groups in total. The monoisotopic (exact) mass is 353 g/mol. The third kappa shape index (κ3) is 3.04. The van der Waals surface area contributed by atoms with Crippen LogP contribution < -0.4 is 0 Å². The second-order valence-electron chi connectivity index (χ2n) is 5.24. The first-order valence-electron chi connectivity index (χ1n) is 7.02. The van der Waals surface area contributed by atoms with Gasteiger partial charge in [-0.1, -0.05) is 23.2 Å². The number of rotatable bonds is 3. The lowest BCUT2D eigenvalue weighted by atomic mass is 10.2. The number of carboxylic acids is 1. The molecule has 2 heterocycles. The van der Waals surface area contributed by atoms with E-state index in [1.54, 1.807) is 30.5 Å². The van der Waals surface area contributed by atoms with E-state index in [9.17, 15) is 14.7 Å². The van der Waals surface area contributed by atoms with Crippen molar-refractivity contribution < 1.29 is 14.7 Å². The van der Waals surface area contributed by atoms with Crippen molar-refractivity contribution in [2.75, 3.05) is 6.54 Å². The number of hydrogen-bond acceptors (Lipinski definition) is 3. The van der Waals surface area contributed by atoms with Gasteiger partial charge in [0.05, 0.1) is 10.7 Å². The summed E-state index contributed by atoms with van der Waals surface area (Å²) in [5.74, 6) is -1.38. The van der Waals surface area contributed by atoms with E-state index in [0.717, 1.165) is 0 Å². The Hall–Kier alpha value is -2.05. The lowest BCUT2D eigenvalue weighted by molar-refractivity contribution is -0.141. The molecule has 1 fully saturated rings. The van der Waals surface area contributed by atoms with Crippen LogP contribution in [-0.2, 0) is 4.79 Å². The zero-order valence-electron chi connectivity index (χ0n) is 11.9. The molecule has 1 aliphatic heterocycles. The van der Waals surface area contributed by atoms with Gasteiger partial charge in [0, 0.05) is 17.8 Å². The molecule has 6 nitrogen and oxygen atoms in total. The maximum absolute atomic E-state index is 12.5. The number of aromatic nitrogens is 2. The van der Waals surface area contributed by atoms with Crippen LogP contribution in [0.5, 0.6) is 0 Å². The molecule has 120 valence electrons. The van der Waals surface area contributed by atoms with Gasteiger partial charge < -0.3 is 10.0 Å². The van der Waals surface area contributed by atoms with Gasteiger partial charge in [0.2, 0.25) is 0 Å². The van der Waals surface area contributed by atoms with E-state index in [2.05, 4.69) is 5.10 Å². The third-order valence-electron chi connectivity index (χ3n) is 3.76. The number of aliphatic carboxylic acids is 1. The van der Waals surface area contributed by atoms with Crippen molar-refractivity contribution >= 4 is 35.1 Å². The average Bonchev–Trinajstić information content (AvgIpc) is 3.16. The average molecular weight is 354 g/mol. The Balaban J connectivity index is 1.87. The second-order valence-corrected chi connectivity index (χ2v) is 6.08. The zero-order valence-corrected chi connectivity index (χ0v) is 13.5. The maximum Gasteiger partial charge on any atom is 0.326 e. The molecule has 0 spiro atoms. The number of carboxylic acid groups (broad SMARTS) is 1. The second kappa shape index (κ2) is 6.22. The summed E-state index contributed by atoms with van der Waals surface area (Å²) in [5, 5.41) is 14.3. The van der Waals surface area contributed by atoms with Gasteiger partial charge in [-0.2, -0.15) is 5.10 Å². The summed E-state index contributed by atoms with van der Waals surface area (Å²) < 4.78 is 1.47. The zero-order chi connectivity index (χ0) is 16.6. The molecule has 8 heteroatoms. The van der Waals surface area contributed by atoms with E-state index >= 15 is 0 Å². The van der Waals surface area contributed by atoms with Gasteiger partial charge in [0.15, 0.2) is 5.69 Å². The molecule has 1 aliphatic rings. The number of carbonyl (C=O) groups excluding carboxylic acids is 1. The van der Waals surface area contributed by atoms with E-state index in [0.29, 0.717) is 35.1 Å². The summed E-state index contributed by atoms with van der Waals surface area (Å²) >= 11 is 12.0. The van der Waals surface area contributed by atoms with Gasteiger partial charge in [-0.25, -0.2) is 9.48 Å². The van der Waals surface area contributed by atoms with Crippen LogP contribution in [-0.4, -0.2) is 44.3 Å². The fourth-order valence-electron chi connectivity index (χ4n) is 2.65. The first kappa shape index (κ1) is 15.8. The molecule has 23 heavy (non-hydrogen) atoms. The first-order valence-corrected chi connectivity index (χ1v) is 7.78. The van der Waals surface area contributed by atoms with Crippen LogP contribution in [0.2, 0.25) is 10.0 Å². The minimum Gasteiger partial charge on any atom is -0.480 e. The molecular weight excluding hydrogens is 341 g/mol. The Morgan fingerprint density at radius 2 is 2.04 bits per heavy atom. The summed E-state index contributed by atoms with van der Waals surface area (Å²) in [4.78, 5) is 25.0. The summed E-state index contributed by atoms with van der Waals surface area (Å²) in [5.41, 5.74) is 0.774. The molecule has 1 aromatic heterocycles. The Bertz CT molecular complexity index is 775. The van der Waals surface area contributed by atoms with Crippen LogP contribution in [0.1, 0.15) is 23.3 Å². The van der Waals surface area contributed by atoms with Gasteiger partial charge in [0.1, 0.15) is 6.04 Å². The predicted molar refractivity (Wildman–Crippen MR) is 85.3 cm³/mol. The number of hydrogen-bond donors (Lipinski definition) is 1. The van der Waals surface area contributed by atoms with E-state index in [1.165, 1.54) is 9.58 Å². The molecule has 0 radical (unpaired) electrons. The van der Waals surface area contributed by atoms with Crippen molar-refractivity contribution in [1.82, 2.24) is 14.7 Å². The summed E-state index contributed by atoms with van der Waals surface area (Å²) in [6.07, 6.45) is 2.74. The Kier molecular flexibility index (Phi) is 4.28. The van der Waals surface area contributed by atoms with Gasteiger partial charge in [0.25, 0.3) is 5.91 Å². The number of benzene rings is 1. The minimum atomic E-state index is -0.990. The molecule has 1 amide bonds. The molecule has 0 unspecified atom stereocenters. The number of carbonyl (C=O) groups is 2. The van der Waals surface area contributed by atoms with Crippen molar-refractivity contribution in [3.63, 3.8) is 0 Å². The van der Waals surface area contributed by atoms with E-state index in [-0.39, 0.29) is 5.69 Å². The number of halogens is 2. The number of likely N-dealkylation sites (tertiary alicyclic amines) is 1. The molecular formula is C15H13Cl2N3O3. The largest absolute Gasteiger partial charge is 0.480 e. The van der Waals surface area contributed by atoms with Gasteiger partial charge in [-0.3, -0.25) is 4.79 Å². The summed E-state index contributed by atoms with van der Waals surface area (Å²) in [6, 6.07) is 5.72. The fourth-order valence-corrected chi connectivity index (χ4v) is 3.15. The number of amides is 1. The SMILES string of the molecule is O=C(O)[C@@H]1CCCN1C(=O)c1ccn(-c2ccc(Cl)cc2Cl)n1. The van der Waals surface area contributed by atoms with E-state index < -0.39 is 17.9 Å². The lowest BCUT2D eigenvalue weighted by Gasteiger charge is -2.20. The van der Waals surface area contributed by atoms with Crippen LogP contribution >= 0.6 is 23.2 Å². The lowest BCUT2D eigenvalue weighted by Crippen LogP contribution is -2.40. The van der Waals surface area contributed by atoms with Gasteiger partial charge in [-0.05, 0) is 37.1 Å². The van der Waals surface area contributed by atoms with Gasteiger partial charge in [-0.15, -0.1) is 0 Å². The molecule has 3 rings (SSSR count). The smallest absolute Gasteiger partial charge is 0.326 e. The van der Waals surface area contributed by atoms with Crippen LogP contribution in [0.4, 0.5) is 0 Å².